The van der Waals surface area contributed by atoms with Gasteiger partial charge in [0.05, 0.1) is 6.04 Å². The normalized spacial score (nSPS) is 19.2. The van der Waals surface area contributed by atoms with Gasteiger partial charge in [-0.05, 0) is 30.5 Å². The molecule has 94 valence electrons. The van der Waals surface area contributed by atoms with Crippen molar-refractivity contribution in [1.29, 1.82) is 0 Å². The largest absolute Gasteiger partial charge is 0.314 e. The molecule has 0 amide bonds. The summed E-state index contributed by atoms with van der Waals surface area (Å²) in [4.78, 5) is 2.24. The molecule has 0 radical (unpaired) electrons. The summed E-state index contributed by atoms with van der Waals surface area (Å²) >= 11 is 0. The zero-order valence-electron chi connectivity index (χ0n) is 10.7. The summed E-state index contributed by atoms with van der Waals surface area (Å²) in [7, 11) is 0. The number of piperazine rings is 1. The first-order chi connectivity index (χ1) is 8.22. The Morgan fingerprint density at radius 2 is 1.94 bits per heavy atom. The summed E-state index contributed by atoms with van der Waals surface area (Å²) in [5.74, 6) is 0. The van der Waals surface area contributed by atoms with Crippen LogP contribution in [0.3, 0.4) is 0 Å². The van der Waals surface area contributed by atoms with Crippen LogP contribution in [0.25, 0.3) is 0 Å². The Morgan fingerprint density at radius 3 is 2.53 bits per heavy atom. The van der Waals surface area contributed by atoms with Gasteiger partial charge in [0.15, 0.2) is 0 Å². The second-order valence-electron chi connectivity index (χ2n) is 4.80. The fourth-order valence-corrected chi connectivity index (χ4v) is 2.36. The number of halogens is 1. The van der Waals surface area contributed by atoms with Crippen molar-refractivity contribution in [3.63, 3.8) is 0 Å². The molecule has 1 aromatic carbocycles. The molecule has 2 nitrogen and oxygen atoms in total. The van der Waals surface area contributed by atoms with E-state index in [1.807, 2.05) is 0 Å². The molecule has 1 N–H and O–H groups in total. The summed E-state index contributed by atoms with van der Waals surface area (Å²) in [6.45, 7) is 7.66. The van der Waals surface area contributed by atoms with Crippen LogP contribution in [0.2, 0.25) is 0 Å². The average molecular weight is 236 g/mol. The van der Waals surface area contributed by atoms with Crippen LogP contribution in [0.5, 0.6) is 0 Å². The van der Waals surface area contributed by atoms with Gasteiger partial charge in [-0.1, -0.05) is 18.2 Å². The summed E-state index contributed by atoms with van der Waals surface area (Å²) in [6, 6.07) is 6.21. The second-order valence-corrected chi connectivity index (χ2v) is 4.80. The van der Waals surface area contributed by atoms with Crippen LogP contribution in [-0.2, 0) is 0 Å². The van der Waals surface area contributed by atoms with Crippen molar-refractivity contribution in [3.8, 4) is 0 Å². The molecule has 0 aromatic heterocycles. The first-order valence-corrected chi connectivity index (χ1v) is 6.30. The molecule has 0 aliphatic carbocycles. The molecule has 1 heterocycles. The van der Waals surface area contributed by atoms with Crippen LogP contribution >= 0.6 is 0 Å². The molecule has 17 heavy (non-hydrogen) atoms. The van der Waals surface area contributed by atoms with E-state index in [4.69, 9.17) is 0 Å². The van der Waals surface area contributed by atoms with Crippen LogP contribution < -0.4 is 5.32 Å². The summed E-state index contributed by atoms with van der Waals surface area (Å²) in [5.41, 5.74) is 3.63. The van der Waals surface area contributed by atoms with E-state index in [1.165, 1.54) is 11.1 Å². The van der Waals surface area contributed by atoms with Crippen LogP contribution in [0, 0.1) is 13.8 Å². The Balaban J connectivity index is 2.18. The topological polar surface area (TPSA) is 15.3 Å². The third-order valence-electron chi connectivity index (χ3n) is 3.65. The number of hydrogen-bond donors (Lipinski definition) is 1. The third-order valence-corrected chi connectivity index (χ3v) is 3.65. The number of benzene rings is 1. The van der Waals surface area contributed by atoms with E-state index in [0.717, 1.165) is 31.7 Å². The van der Waals surface area contributed by atoms with Gasteiger partial charge in [0, 0.05) is 26.2 Å². The van der Waals surface area contributed by atoms with E-state index in [0.29, 0.717) is 0 Å². The minimum absolute atomic E-state index is 0.0728. The van der Waals surface area contributed by atoms with Crippen molar-refractivity contribution in [2.75, 3.05) is 32.9 Å². The molecule has 0 unspecified atom stereocenters. The fraction of sp³-hybridized carbons (Fsp3) is 0.571. The lowest BCUT2D eigenvalue weighted by atomic mass is 10.0. The number of aryl methyl sites for hydroxylation is 2. The quantitative estimate of drug-likeness (QED) is 0.865. The van der Waals surface area contributed by atoms with Crippen LogP contribution in [0.1, 0.15) is 22.7 Å². The fourth-order valence-electron chi connectivity index (χ4n) is 2.36. The Labute approximate surface area is 103 Å². The van der Waals surface area contributed by atoms with Crippen molar-refractivity contribution in [1.82, 2.24) is 10.2 Å². The van der Waals surface area contributed by atoms with Gasteiger partial charge in [-0.3, -0.25) is 4.90 Å². The molecular formula is C14H21FN2. The Morgan fingerprint density at radius 1 is 1.24 bits per heavy atom. The summed E-state index contributed by atoms with van der Waals surface area (Å²) in [5, 5.41) is 3.30. The van der Waals surface area contributed by atoms with Crippen molar-refractivity contribution in [2.45, 2.75) is 19.9 Å². The smallest absolute Gasteiger partial charge is 0.109 e. The molecule has 1 aromatic rings. The first-order valence-electron chi connectivity index (χ1n) is 6.30. The molecule has 1 aliphatic rings. The highest BCUT2D eigenvalue weighted by Gasteiger charge is 2.22. The van der Waals surface area contributed by atoms with E-state index in [9.17, 15) is 4.39 Å². The number of hydrogen-bond acceptors (Lipinski definition) is 2. The van der Waals surface area contributed by atoms with Crippen LogP contribution in [0.4, 0.5) is 4.39 Å². The van der Waals surface area contributed by atoms with Crippen molar-refractivity contribution < 1.29 is 4.39 Å². The molecule has 1 aliphatic heterocycles. The van der Waals surface area contributed by atoms with E-state index < -0.39 is 0 Å². The van der Waals surface area contributed by atoms with E-state index >= 15 is 0 Å². The maximum Gasteiger partial charge on any atom is 0.109 e. The monoisotopic (exact) mass is 236 g/mol. The van der Waals surface area contributed by atoms with Gasteiger partial charge in [-0.2, -0.15) is 0 Å². The summed E-state index contributed by atoms with van der Waals surface area (Å²) in [6.07, 6.45) is 0. The zero-order valence-corrected chi connectivity index (χ0v) is 10.7. The zero-order chi connectivity index (χ0) is 12.3. The molecule has 3 heteroatoms. The van der Waals surface area contributed by atoms with E-state index in [-0.39, 0.29) is 12.7 Å². The standard InChI is InChI=1S/C14H21FN2/c1-11-3-4-13(9-12(11)2)14(10-15)17-7-5-16-6-8-17/h3-4,9,14,16H,5-8,10H2,1-2H3/t14-/m1/s1. The highest BCUT2D eigenvalue weighted by molar-refractivity contribution is 5.31. The van der Waals surface area contributed by atoms with Crippen LogP contribution in [-0.4, -0.2) is 37.8 Å². The van der Waals surface area contributed by atoms with Gasteiger partial charge < -0.3 is 5.32 Å². The molecule has 1 saturated heterocycles. The lowest BCUT2D eigenvalue weighted by Crippen LogP contribution is -2.45. The average Bonchev–Trinajstić information content (AvgIpc) is 2.36. The molecule has 0 saturated carbocycles. The third kappa shape index (κ3) is 2.85. The minimum Gasteiger partial charge on any atom is -0.314 e. The molecule has 1 atom stereocenters. The lowest BCUT2D eigenvalue weighted by molar-refractivity contribution is 0.147. The molecule has 2 rings (SSSR count). The first kappa shape index (κ1) is 12.5. The maximum atomic E-state index is 13.3. The van der Waals surface area contributed by atoms with Gasteiger partial charge >= 0.3 is 0 Å². The predicted molar refractivity (Wildman–Crippen MR) is 69.1 cm³/mol. The molecular weight excluding hydrogens is 215 g/mol. The Kier molecular flexibility index (Phi) is 4.13. The van der Waals surface area contributed by atoms with E-state index in [1.54, 1.807) is 0 Å². The Bertz CT molecular complexity index is 372. The molecule has 1 fully saturated rings. The number of rotatable bonds is 3. The minimum atomic E-state index is -0.303. The predicted octanol–water partition coefficient (Wildman–Crippen LogP) is 2.22. The number of nitrogens with zero attached hydrogens (tertiary/aromatic N) is 1. The van der Waals surface area contributed by atoms with Crippen molar-refractivity contribution in [2.24, 2.45) is 0 Å². The van der Waals surface area contributed by atoms with Crippen LogP contribution in [0.15, 0.2) is 18.2 Å². The van der Waals surface area contributed by atoms with Gasteiger partial charge in [0.25, 0.3) is 0 Å². The van der Waals surface area contributed by atoms with Gasteiger partial charge in [-0.15, -0.1) is 0 Å². The molecule has 0 spiro atoms. The SMILES string of the molecule is Cc1ccc([C@@H](CF)N2CCNCC2)cc1C. The van der Waals surface area contributed by atoms with Gasteiger partial charge in [0.2, 0.25) is 0 Å². The maximum absolute atomic E-state index is 13.3. The number of nitrogens with one attached hydrogen (secondary N) is 1. The lowest BCUT2D eigenvalue weighted by Gasteiger charge is -2.33. The van der Waals surface area contributed by atoms with E-state index in [2.05, 4.69) is 42.3 Å². The highest BCUT2D eigenvalue weighted by Crippen LogP contribution is 2.23. The summed E-state index contributed by atoms with van der Waals surface area (Å²) < 4.78 is 13.3. The second kappa shape index (κ2) is 5.61. The van der Waals surface area contributed by atoms with Gasteiger partial charge in [-0.25, -0.2) is 4.39 Å². The highest BCUT2D eigenvalue weighted by atomic mass is 19.1. The molecule has 0 bridgehead atoms. The Hall–Kier alpha value is -0.930. The van der Waals surface area contributed by atoms with Crippen molar-refractivity contribution in [3.05, 3.63) is 34.9 Å². The van der Waals surface area contributed by atoms with Crippen molar-refractivity contribution >= 4 is 0 Å². The number of alkyl halides is 1. The van der Waals surface area contributed by atoms with Gasteiger partial charge in [0.1, 0.15) is 6.67 Å².